The van der Waals surface area contributed by atoms with Crippen LogP contribution in [0.3, 0.4) is 0 Å². The number of ether oxygens (including phenoxy) is 1. The van der Waals surface area contributed by atoms with Crippen molar-refractivity contribution in [1.82, 2.24) is 4.90 Å². The fourth-order valence-corrected chi connectivity index (χ4v) is 4.05. The highest BCUT2D eigenvalue weighted by atomic mass is 19.1. The summed E-state index contributed by atoms with van der Waals surface area (Å²) in [6, 6.07) is 1.85. The standard InChI is InChI=1S/C18H19BFNO7/c20-12-4-3-9-10-8-11(10)19(26)28-16(9)15(12)18(25)27-7-5-14(22)21-6-1-2-13(21)17(23)24/h3-4,10-11,13,26H,1-2,5-8H2,(H,23,24)/t10-,11-,13-/m1/s1. The van der Waals surface area contributed by atoms with Crippen LogP contribution in [0.5, 0.6) is 5.75 Å². The summed E-state index contributed by atoms with van der Waals surface area (Å²) in [4.78, 5) is 37.0. The Kier molecular flexibility index (Phi) is 4.74. The van der Waals surface area contributed by atoms with Crippen LogP contribution in [0.15, 0.2) is 12.1 Å². The number of rotatable bonds is 5. The van der Waals surface area contributed by atoms with Gasteiger partial charge in [-0.2, -0.15) is 0 Å². The maximum absolute atomic E-state index is 14.3. The zero-order valence-corrected chi connectivity index (χ0v) is 15.0. The number of esters is 1. The Balaban J connectivity index is 1.40. The smallest absolute Gasteiger partial charge is 0.526 e. The van der Waals surface area contributed by atoms with Crippen molar-refractivity contribution in [2.75, 3.05) is 13.2 Å². The number of hydrogen-bond donors (Lipinski definition) is 2. The molecule has 1 aromatic rings. The third-order valence-corrected chi connectivity index (χ3v) is 5.59. The van der Waals surface area contributed by atoms with Crippen LogP contribution in [0.1, 0.15) is 47.5 Å². The molecule has 10 heteroatoms. The van der Waals surface area contributed by atoms with Crippen molar-refractivity contribution in [2.45, 2.75) is 43.5 Å². The van der Waals surface area contributed by atoms with Gasteiger partial charge in [-0.3, -0.25) is 4.79 Å². The third kappa shape index (κ3) is 3.21. The van der Waals surface area contributed by atoms with Crippen molar-refractivity contribution in [3.63, 3.8) is 0 Å². The molecule has 3 atom stereocenters. The van der Waals surface area contributed by atoms with Crippen LogP contribution >= 0.6 is 0 Å². The maximum Gasteiger partial charge on any atom is 0.526 e. The van der Waals surface area contributed by atoms with Gasteiger partial charge in [-0.1, -0.05) is 6.07 Å². The molecule has 0 aromatic heterocycles. The number of likely N-dealkylation sites (tertiary alicyclic amines) is 1. The molecule has 1 aromatic carbocycles. The van der Waals surface area contributed by atoms with Crippen molar-refractivity contribution in [1.29, 1.82) is 0 Å². The Morgan fingerprint density at radius 1 is 1.36 bits per heavy atom. The van der Waals surface area contributed by atoms with Crippen LogP contribution in [0.2, 0.25) is 5.82 Å². The number of carbonyl (C=O) groups excluding carboxylic acids is 2. The molecule has 2 heterocycles. The van der Waals surface area contributed by atoms with Gasteiger partial charge in [0.2, 0.25) is 5.91 Å². The first-order chi connectivity index (χ1) is 13.4. The largest absolute Gasteiger partial charge is 0.535 e. The Hall–Kier alpha value is -2.62. The van der Waals surface area contributed by atoms with Gasteiger partial charge in [-0.25, -0.2) is 14.0 Å². The number of hydrogen-bond acceptors (Lipinski definition) is 6. The first kappa shape index (κ1) is 18.7. The molecule has 3 aliphatic rings. The minimum atomic E-state index is -1.09. The quantitative estimate of drug-likeness (QED) is 0.572. The lowest BCUT2D eigenvalue weighted by Crippen LogP contribution is -2.40. The van der Waals surface area contributed by atoms with Gasteiger partial charge < -0.3 is 24.4 Å². The van der Waals surface area contributed by atoms with E-state index in [9.17, 15) is 23.8 Å². The zero-order chi connectivity index (χ0) is 20.0. The molecule has 1 saturated heterocycles. The number of carboxylic acids is 1. The lowest BCUT2D eigenvalue weighted by atomic mass is 9.77. The van der Waals surface area contributed by atoms with Gasteiger partial charge in [0.25, 0.3) is 0 Å². The predicted molar refractivity (Wildman–Crippen MR) is 93.4 cm³/mol. The molecule has 0 bridgehead atoms. The van der Waals surface area contributed by atoms with Gasteiger partial charge >= 0.3 is 19.1 Å². The zero-order valence-electron chi connectivity index (χ0n) is 15.0. The molecular weight excluding hydrogens is 372 g/mol. The number of fused-ring (bicyclic) bond motifs is 3. The van der Waals surface area contributed by atoms with E-state index >= 15 is 0 Å². The van der Waals surface area contributed by atoms with E-state index in [2.05, 4.69) is 0 Å². The lowest BCUT2D eigenvalue weighted by Gasteiger charge is -2.22. The summed E-state index contributed by atoms with van der Waals surface area (Å²) in [5, 5.41) is 19.0. The number of amides is 1. The fraction of sp³-hybridized carbons (Fsp3) is 0.500. The number of aliphatic carboxylic acids is 1. The van der Waals surface area contributed by atoms with Crippen LogP contribution in [0, 0.1) is 5.82 Å². The molecule has 2 fully saturated rings. The second kappa shape index (κ2) is 7.08. The number of nitrogens with zero attached hydrogens (tertiary/aromatic N) is 1. The van der Waals surface area contributed by atoms with Crippen molar-refractivity contribution in [3.8, 4) is 5.75 Å². The van der Waals surface area contributed by atoms with E-state index in [4.69, 9.17) is 14.5 Å². The summed E-state index contributed by atoms with van der Waals surface area (Å²) in [5.74, 6) is -3.31. The molecule has 8 nitrogen and oxygen atoms in total. The van der Waals surface area contributed by atoms with Gasteiger partial charge in [-0.15, -0.1) is 0 Å². The Labute approximate surface area is 160 Å². The monoisotopic (exact) mass is 391 g/mol. The van der Waals surface area contributed by atoms with Crippen LogP contribution in [-0.2, 0) is 14.3 Å². The molecule has 2 N–H and O–H groups in total. The molecule has 4 rings (SSSR count). The average molecular weight is 391 g/mol. The van der Waals surface area contributed by atoms with E-state index in [1.165, 1.54) is 11.0 Å². The van der Waals surface area contributed by atoms with Gasteiger partial charge in [0.05, 0.1) is 6.42 Å². The normalized spacial score (nSPS) is 24.9. The second-order valence-corrected chi connectivity index (χ2v) is 7.32. The minimum Gasteiger partial charge on any atom is -0.535 e. The number of carbonyl (C=O) groups is 3. The summed E-state index contributed by atoms with van der Waals surface area (Å²) in [7, 11) is -1.09. The van der Waals surface area contributed by atoms with E-state index in [0.29, 0.717) is 31.4 Å². The topological polar surface area (TPSA) is 113 Å². The molecule has 1 aliphatic carbocycles. The van der Waals surface area contributed by atoms with E-state index in [0.717, 1.165) is 0 Å². The molecule has 28 heavy (non-hydrogen) atoms. The summed E-state index contributed by atoms with van der Waals surface area (Å²) < 4.78 is 24.7. The number of benzene rings is 1. The van der Waals surface area contributed by atoms with E-state index in [1.807, 2.05) is 0 Å². The van der Waals surface area contributed by atoms with Gasteiger partial charge in [0, 0.05) is 12.4 Å². The van der Waals surface area contributed by atoms with Crippen molar-refractivity contribution < 1.29 is 38.3 Å². The molecule has 1 saturated carbocycles. The highest BCUT2D eigenvalue weighted by molar-refractivity contribution is 6.48. The van der Waals surface area contributed by atoms with E-state index < -0.39 is 36.8 Å². The predicted octanol–water partition coefficient (Wildman–Crippen LogP) is 1.18. The van der Waals surface area contributed by atoms with Gasteiger partial charge in [0.15, 0.2) is 0 Å². The SMILES string of the molecule is O=C(OCCC(=O)N1CCC[C@@H]1C(=O)O)c1c(F)ccc2c1OB(O)[C@@H]1C[C@H]21. The number of halogens is 1. The fourth-order valence-electron chi connectivity index (χ4n) is 4.05. The first-order valence-corrected chi connectivity index (χ1v) is 9.25. The van der Waals surface area contributed by atoms with E-state index in [-0.39, 0.29) is 36.1 Å². The Bertz CT molecular complexity index is 847. The first-order valence-electron chi connectivity index (χ1n) is 9.25. The van der Waals surface area contributed by atoms with Gasteiger partial charge in [-0.05, 0) is 36.8 Å². The molecular formula is C18H19BFNO7. The summed E-state index contributed by atoms with van der Waals surface area (Å²) in [5.41, 5.74) is 0.278. The average Bonchev–Trinajstić information content (AvgIpc) is 3.29. The Morgan fingerprint density at radius 3 is 2.89 bits per heavy atom. The maximum atomic E-state index is 14.3. The van der Waals surface area contributed by atoms with Crippen LogP contribution in [0.4, 0.5) is 4.39 Å². The highest BCUT2D eigenvalue weighted by Crippen LogP contribution is 2.60. The van der Waals surface area contributed by atoms with Gasteiger partial charge in [0.1, 0.15) is 29.8 Å². The summed E-state index contributed by atoms with van der Waals surface area (Å²) in [6.45, 7) is 0.0388. The van der Waals surface area contributed by atoms with Crippen LogP contribution < -0.4 is 4.65 Å². The molecule has 1 amide bonds. The number of carboxylic acid groups (broad SMARTS) is 1. The Morgan fingerprint density at radius 2 is 2.14 bits per heavy atom. The van der Waals surface area contributed by atoms with E-state index in [1.54, 1.807) is 6.07 Å². The third-order valence-electron chi connectivity index (χ3n) is 5.59. The second-order valence-electron chi connectivity index (χ2n) is 7.32. The molecule has 0 spiro atoms. The highest BCUT2D eigenvalue weighted by Gasteiger charge is 2.54. The lowest BCUT2D eigenvalue weighted by molar-refractivity contribution is -0.148. The minimum absolute atomic E-state index is 0.00643. The molecule has 2 aliphatic heterocycles. The molecule has 0 radical (unpaired) electrons. The molecule has 0 unspecified atom stereocenters. The molecule has 148 valence electrons. The summed E-state index contributed by atoms with van der Waals surface area (Å²) >= 11 is 0. The van der Waals surface area contributed by atoms with Crippen molar-refractivity contribution in [3.05, 3.63) is 29.1 Å². The van der Waals surface area contributed by atoms with Crippen LogP contribution in [-0.4, -0.2) is 59.2 Å². The summed E-state index contributed by atoms with van der Waals surface area (Å²) in [6.07, 6.45) is 1.51. The van der Waals surface area contributed by atoms with Crippen LogP contribution in [0.25, 0.3) is 0 Å². The van der Waals surface area contributed by atoms with Crippen molar-refractivity contribution in [2.24, 2.45) is 0 Å². The van der Waals surface area contributed by atoms with Crippen molar-refractivity contribution >= 4 is 25.0 Å².